The second kappa shape index (κ2) is 4.10. The second-order valence-electron chi connectivity index (χ2n) is 4.19. The van der Waals surface area contributed by atoms with E-state index in [-0.39, 0.29) is 0 Å². The quantitative estimate of drug-likeness (QED) is 0.579. The predicted octanol–water partition coefficient (Wildman–Crippen LogP) is 2.55. The molecule has 0 saturated heterocycles. The summed E-state index contributed by atoms with van der Waals surface area (Å²) in [5.74, 6) is 1.82. The highest BCUT2D eigenvalue weighted by Gasteiger charge is 2.19. The molecule has 0 aromatic heterocycles. The Kier molecular flexibility index (Phi) is 3.38. The van der Waals surface area contributed by atoms with E-state index in [2.05, 4.69) is 13.8 Å². The summed E-state index contributed by atoms with van der Waals surface area (Å²) in [6.45, 7) is 4.65. The molecule has 0 aromatic carbocycles. The van der Waals surface area contributed by atoms with Gasteiger partial charge in [0.05, 0.1) is 0 Å². The summed E-state index contributed by atoms with van der Waals surface area (Å²) in [7, 11) is 0. The van der Waals surface area contributed by atoms with Gasteiger partial charge in [-0.25, -0.2) is 0 Å². The first-order valence-corrected chi connectivity index (χ1v) is 4.98. The largest absolute Gasteiger partial charge is 0.328 e. The minimum absolute atomic E-state index is 0.491. The Morgan fingerprint density at radius 3 is 2.64 bits per heavy atom. The molecular formula is C10H21N. The first-order valence-electron chi connectivity index (χ1n) is 4.98. The highest BCUT2D eigenvalue weighted by atomic mass is 14.6. The molecule has 1 nitrogen and oxygen atoms in total. The van der Waals surface area contributed by atoms with Gasteiger partial charge in [-0.05, 0) is 37.5 Å². The van der Waals surface area contributed by atoms with Crippen LogP contribution in [0.2, 0.25) is 0 Å². The summed E-state index contributed by atoms with van der Waals surface area (Å²) in [5, 5.41) is 0. The first-order chi connectivity index (χ1) is 5.22. The van der Waals surface area contributed by atoms with E-state index in [4.69, 9.17) is 5.73 Å². The molecule has 0 spiro atoms. The van der Waals surface area contributed by atoms with Crippen LogP contribution in [-0.4, -0.2) is 6.04 Å². The monoisotopic (exact) mass is 155 g/mol. The summed E-state index contributed by atoms with van der Waals surface area (Å²) in [6.07, 6.45) is 6.58. The lowest BCUT2D eigenvalue weighted by molar-refractivity contribution is 0.380. The molecule has 1 saturated carbocycles. The van der Waals surface area contributed by atoms with Crippen molar-refractivity contribution < 1.29 is 0 Å². The van der Waals surface area contributed by atoms with Crippen molar-refractivity contribution in [2.75, 3.05) is 0 Å². The Labute approximate surface area is 70.4 Å². The average molecular weight is 155 g/mol. The topological polar surface area (TPSA) is 26.0 Å². The van der Waals surface area contributed by atoms with Gasteiger partial charge >= 0.3 is 0 Å². The number of nitrogens with two attached hydrogens (primary N) is 1. The van der Waals surface area contributed by atoms with Crippen LogP contribution in [0.4, 0.5) is 0 Å². The molecule has 0 heterocycles. The van der Waals surface area contributed by atoms with Crippen molar-refractivity contribution in [1.29, 1.82) is 0 Å². The Hall–Kier alpha value is -0.0400. The van der Waals surface area contributed by atoms with E-state index < -0.39 is 0 Å². The standard InChI is InChI=1S/C10H21N/c1-3-9-6-8(2)4-5-10(11)7-9/h8-10H,3-7,11H2,1-2H3/t8-,9-,10+/m1/s1. The molecule has 0 bridgehead atoms. The zero-order valence-corrected chi connectivity index (χ0v) is 7.84. The lowest BCUT2D eigenvalue weighted by Crippen LogP contribution is -2.21. The molecule has 11 heavy (non-hydrogen) atoms. The van der Waals surface area contributed by atoms with Gasteiger partial charge in [-0.2, -0.15) is 0 Å². The van der Waals surface area contributed by atoms with E-state index in [9.17, 15) is 0 Å². The lowest BCUT2D eigenvalue weighted by atomic mass is 9.92. The number of rotatable bonds is 1. The van der Waals surface area contributed by atoms with Crippen LogP contribution in [0.3, 0.4) is 0 Å². The van der Waals surface area contributed by atoms with Crippen molar-refractivity contribution in [1.82, 2.24) is 0 Å². The zero-order chi connectivity index (χ0) is 8.27. The second-order valence-corrected chi connectivity index (χ2v) is 4.19. The van der Waals surface area contributed by atoms with Crippen molar-refractivity contribution >= 4 is 0 Å². The minimum Gasteiger partial charge on any atom is -0.328 e. The first kappa shape index (κ1) is 9.05. The smallest absolute Gasteiger partial charge is 0.00415 e. The molecule has 0 aliphatic heterocycles. The van der Waals surface area contributed by atoms with Crippen LogP contribution < -0.4 is 5.73 Å². The fourth-order valence-corrected chi connectivity index (χ4v) is 2.16. The minimum atomic E-state index is 0.491. The maximum absolute atomic E-state index is 5.96. The van der Waals surface area contributed by atoms with Crippen LogP contribution in [0.15, 0.2) is 0 Å². The summed E-state index contributed by atoms with van der Waals surface area (Å²) < 4.78 is 0. The molecule has 2 N–H and O–H groups in total. The summed E-state index contributed by atoms with van der Waals surface area (Å²) in [6, 6.07) is 0.491. The highest BCUT2D eigenvalue weighted by Crippen LogP contribution is 2.28. The third-order valence-corrected chi connectivity index (χ3v) is 2.98. The van der Waals surface area contributed by atoms with Crippen LogP contribution in [-0.2, 0) is 0 Å². The van der Waals surface area contributed by atoms with Crippen molar-refractivity contribution in [2.45, 2.75) is 52.0 Å². The Bertz CT molecular complexity index is 99.4. The van der Waals surface area contributed by atoms with Crippen LogP contribution >= 0.6 is 0 Å². The molecule has 0 unspecified atom stereocenters. The van der Waals surface area contributed by atoms with Gasteiger partial charge in [0.25, 0.3) is 0 Å². The van der Waals surface area contributed by atoms with Crippen molar-refractivity contribution in [3.63, 3.8) is 0 Å². The van der Waals surface area contributed by atoms with Crippen LogP contribution in [0.25, 0.3) is 0 Å². The third-order valence-electron chi connectivity index (χ3n) is 2.98. The van der Waals surface area contributed by atoms with Crippen molar-refractivity contribution in [3.8, 4) is 0 Å². The van der Waals surface area contributed by atoms with E-state index in [1.54, 1.807) is 0 Å². The molecule has 1 heteroatoms. The molecule has 0 aromatic rings. The Morgan fingerprint density at radius 2 is 2.00 bits per heavy atom. The summed E-state index contributed by atoms with van der Waals surface area (Å²) in [4.78, 5) is 0. The molecule has 1 aliphatic rings. The van der Waals surface area contributed by atoms with Gasteiger partial charge in [0.15, 0.2) is 0 Å². The van der Waals surface area contributed by atoms with Gasteiger partial charge in [0.1, 0.15) is 0 Å². The molecule has 0 radical (unpaired) electrons. The Morgan fingerprint density at radius 1 is 1.27 bits per heavy atom. The number of hydrogen-bond donors (Lipinski definition) is 1. The van der Waals surface area contributed by atoms with Gasteiger partial charge in [-0.3, -0.25) is 0 Å². The van der Waals surface area contributed by atoms with Crippen LogP contribution in [0, 0.1) is 11.8 Å². The van der Waals surface area contributed by atoms with Crippen molar-refractivity contribution in [3.05, 3.63) is 0 Å². The zero-order valence-electron chi connectivity index (χ0n) is 7.84. The van der Waals surface area contributed by atoms with Crippen LogP contribution in [0.5, 0.6) is 0 Å². The number of hydrogen-bond acceptors (Lipinski definition) is 1. The maximum Gasteiger partial charge on any atom is 0.00415 e. The summed E-state index contributed by atoms with van der Waals surface area (Å²) >= 11 is 0. The molecule has 0 amide bonds. The van der Waals surface area contributed by atoms with E-state index in [0.29, 0.717) is 6.04 Å². The van der Waals surface area contributed by atoms with Gasteiger partial charge in [-0.1, -0.05) is 20.3 Å². The predicted molar refractivity (Wildman–Crippen MR) is 49.4 cm³/mol. The maximum atomic E-state index is 5.96. The van der Waals surface area contributed by atoms with Gasteiger partial charge in [0.2, 0.25) is 0 Å². The Balaban J connectivity index is 2.41. The molecule has 1 rings (SSSR count). The van der Waals surface area contributed by atoms with Crippen LogP contribution in [0.1, 0.15) is 46.0 Å². The van der Waals surface area contributed by atoms with Gasteiger partial charge in [-0.15, -0.1) is 0 Å². The third kappa shape index (κ3) is 2.82. The van der Waals surface area contributed by atoms with E-state index in [1.165, 1.54) is 32.1 Å². The molecule has 3 atom stereocenters. The fraction of sp³-hybridized carbons (Fsp3) is 1.00. The summed E-state index contributed by atoms with van der Waals surface area (Å²) in [5.41, 5.74) is 5.96. The van der Waals surface area contributed by atoms with E-state index >= 15 is 0 Å². The highest BCUT2D eigenvalue weighted by molar-refractivity contribution is 4.75. The molecule has 1 fully saturated rings. The molecular weight excluding hydrogens is 134 g/mol. The van der Waals surface area contributed by atoms with E-state index in [0.717, 1.165) is 11.8 Å². The van der Waals surface area contributed by atoms with Gasteiger partial charge < -0.3 is 5.73 Å². The molecule has 1 aliphatic carbocycles. The molecule has 66 valence electrons. The van der Waals surface area contributed by atoms with Crippen molar-refractivity contribution in [2.24, 2.45) is 17.6 Å². The van der Waals surface area contributed by atoms with Gasteiger partial charge in [0, 0.05) is 6.04 Å². The lowest BCUT2D eigenvalue weighted by Gasteiger charge is -2.15. The normalized spacial score (nSPS) is 40.1. The fourth-order valence-electron chi connectivity index (χ4n) is 2.16. The average Bonchev–Trinajstić information content (AvgIpc) is 2.13. The SMILES string of the molecule is CC[C@@H]1C[C@H](C)CC[C@H](N)C1. The van der Waals surface area contributed by atoms with E-state index in [1.807, 2.05) is 0 Å².